The van der Waals surface area contributed by atoms with E-state index in [0.29, 0.717) is 0 Å². The van der Waals surface area contributed by atoms with Crippen LogP contribution in [0.3, 0.4) is 0 Å². The number of fused-ring (bicyclic) bond motifs is 1. The number of phenols is 4. The van der Waals surface area contributed by atoms with Crippen LogP contribution in [0.4, 0.5) is 0 Å². The number of hydrogen-bond donors (Lipinski definition) is 10. The van der Waals surface area contributed by atoms with Gasteiger partial charge in [-0.15, -0.1) is 0 Å². The molecule has 43 heavy (non-hydrogen) atoms. The van der Waals surface area contributed by atoms with Crippen molar-refractivity contribution in [3.63, 3.8) is 0 Å². The molecule has 2 aliphatic heterocycles. The normalized spacial score (nSPS) is 33.0. The van der Waals surface area contributed by atoms with E-state index in [2.05, 4.69) is 0 Å². The molecule has 0 unspecified atom stereocenters. The lowest BCUT2D eigenvalue weighted by Gasteiger charge is -2.42. The van der Waals surface area contributed by atoms with Crippen LogP contribution < -0.4 is 10.2 Å². The number of aromatic hydroxyl groups is 4. The second-order valence-corrected chi connectivity index (χ2v) is 10.3. The highest BCUT2D eigenvalue weighted by molar-refractivity contribution is 5.88. The van der Waals surface area contributed by atoms with Gasteiger partial charge < -0.3 is 74.4 Å². The molecule has 2 saturated heterocycles. The Bertz CT molecular complexity index is 1540. The molecule has 5 rings (SSSR count). The van der Waals surface area contributed by atoms with E-state index in [1.165, 1.54) is 13.0 Å². The van der Waals surface area contributed by atoms with Gasteiger partial charge in [-0.3, -0.25) is 4.79 Å². The molecule has 16 heteroatoms. The third-order valence-corrected chi connectivity index (χ3v) is 7.29. The first-order valence-electron chi connectivity index (χ1n) is 13.0. The first-order chi connectivity index (χ1) is 20.3. The summed E-state index contributed by atoms with van der Waals surface area (Å²) in [6, 6.07) is 5.24. The maximum atomic E-state index is 13.6. The van der Waals surface area contributed by atoms with Crippen molar-refractivity contribution in [1.82, 2.24) is 0 Å². The van der Waals surface area contributed by atoms with Gasteiger partial charge in [0.2, 0.25) is 17.5 Å². The first-order valence-corrected chi connectivity index (χ1v) is 13.0. The summed E-state index contributed by atoms with van der Waals surface area (Å²) in [5.41, 5.74) is -1.35. The van der Waals surface area contributed by atoms with E-state index in [0.717, 1.165) is 24.3 Å². The Morgan fingerprint density at radius 3 is 2.12 bits per heavy atom. The van der Waals surface area contributed by atoms with Gasteiger partial charge in [0.1, 0.15) is 65.2 Å². The van der Waals surface area contributed by atoms with Crippen LogP contribution in [0.5, 0.6) is 28.7 Å². The molecule has 0 spiro atoms. The Balaban J connectivity index is 1.48. The minimum atomic E-state index is -1.97. The molecule has 10 N–H and O–H groups in total. The molecule has 2 aliphatic rings. The van der Waals surface area contributed by atoms with Crippen LogP contribution in [0.25, 0.3) is 22.3 Å². The Labute approximate surface area is 241 Å². The van der Waals surface area contributed by atoms with Crippen LogP contribution in [-0.4, -0.2) is 119 Å². The van der Waals surface area contributed by atoms with Crippen molar-refractivity contribution in [2.45, 2.75) is 68.3 Å². The summed E-state index contributed by atoms with van der Waals surface area (Å²) in [6.45, 7) is 0.818. The summed E-state index contributed by atoms with van der Waals surface area (Å²) >= 11 is 0. The summed E-state index contributed by atoms with van der Waals surface area (Å²) in [6.07, 6.45) is -16.2. The van der Waals surface area contributed by atoms with Crippen LogP contribution in [-0.2, 0) is 14.2 Å². The minimum absolute atomic E-state index is 0.0313. The number of aliphatic hydroxyl groups is 6. The molecule has 234 valence electrons. The molecule has 0 aliphatic carbocycles. The SMILES string of the molecule is C[C@@H]1O[C@H](OC[C@@H]2O[C@H](Oc3c(-c4ccc(O)c(O)c4)oc4cc(O)cc(O)c4c3=O)[C@@H](O)[C@@H](O)[C@@H]2O)[C@@H](O)[C@H](O)[C@H]1O. The van der Waals surface area contributed by atoms with Crippen molar-refractivity contribution in [1.29, 1.82) is 0 Å². The lowest BCUT2D eigenvalue weighted by molar-refractivity contribution is -0.318. The Morgan fingerprint density at radius 2 is 1.42 bits per heavy atom. The lowest BCUT2D eigenvalue weighted by atomic mass is 9.98. The van der Waals surface area contributed by atoms with E-state index in [4.69, 9.17) is 23.4 Å². The summed E-state index contributed by atoms with van der Waals surface area (Å²) < 4.78 is 27.8. The summed E-state index contributed by atoms with van der Waals surface area (Å²) in [4.78, 5) is 13.6. The molecule has 16 nitrogen and oxygen atoms in total. The van der Waals surface area contributed by atoms with E-state index in [-0.39, 0.29) is 11.1 Å². The second kappa shape index (κ2) is 11.8. The number of rotatable bonds is 6. The minimum Gasteiger partial charge on any atom is -0.508 e. The average Bonchev–Trinajstić information content (AvgIpc) is 2.96. The highest BCUT2D eigenvalue weighted by Gasteiger charge is 2.47. The molecule has 0 radical (unpaired) electrons. The van der Waals surface area contributed by atoms with Crippen LogP contribution in [0.1, 0.15) is 6.92 Å². The van der Waals surface area contributed by atoms with Gasteiger partial charge in [-0.25, -0.2) is 0 Å². The highest BCUT2D eigenvalue weighted by atomic mass is 16.7. The quantitative estimate of drug-likeness (QED) is 0.140. The Kier molecular flexibility index (Phi) is 8.41. The zero-order chi connectivity index (χ0) is 31.3. The van der Waals surface area contributed by atoms with Gasteiger partial charge >= 0.3 is 0 Å². The first kappa shape index (κ1) is 30.7. The average molecular weight is 611 g/mol. The van der Waals surface area contributed by atoms with E-state index in [1.807, 2.05) is 0 Å². The van der Waals surface area contributed by atoms with Gasteiger partial charge in [0.25, 0.3) is 0 Å². The lowest BCUT2D eigenvalue weighted by Crippen LogP contribution is -2.61. The molecule has 1 aromatic heterocycles. The van der Waals surface area contributed by atoms with Gasteiger partial charge in [-0.05, 0) is 25.1 Å². The molecule has 0 saturated carbocycles. The maximum Gasteiger partial charge on any atom is 0.239 e. The third-order valence-electron chi connectivity index (χ3n) is 7.29. The number of hydrogen-bond acceptors (Lipinski definition) is 16. The van der Waals surface area contributed by atoms with Crippen molar-refractivity contribution in [2.24, 2.45) is 0 Å². The van der Waals surface area contributed by atoms with Crippen molar-refractivity contribution in [2.75, 3.05) is 6.61 Å². The number of benzene rings is 2. The molecular weight excluding hydrogens is 580 g/mol. The van der Waals surface area contributed by atoms with Crippen molar-refractivity contribution < 1.29 is 74.4 Å². The van der Waals surface area contributed by atoms with E-state index >= 15 is 0 Å². The maximum absolute atomic E-state index is 13.6. The molecule has 0 bridgehead atoms. The zero-order valence-electron chi connectivity index (χ0n) is 22.3. The van der Waals surface area contributed by atoms with Crippen molar-refractivity contribution in [3.05, 3.63) is 40.6 Å². The van der Waals surface area contributed by atoms with Gasteiger partial charge in [0, 0.05) is 17.7 Å². The summed E-state index contributed by atoms with van der Waals surface area (Å²) in [7, 11) is 0. The monoisotopic (exact) mass is 610 g/mol. The molecule has 10 atom stereocenters. The van der Waals surface area contributed by atoms with Gasteiger partial charge in [-0.1, -0.05) is 0 Å². The molecule has 2 aromatic carbocycles. The fourth-order valence-electron chi connectivity index (χ4n) is 4.84. The summed E-state index contributed by atoms with van der Waals surface area (Å²) in [5.74, 6) is -3.33. The molecular formula is C27H30O16. The topological polar surface area (TPSA) is 269 Å². The largest absolute Gasteiger partial charge is 0.508 e. The fourth-order valence-corrected chi connectivity index (χ4v) is 4.84. The van der Waals surface area contributed by atoms with E-state index in [9.17, 15) is 55.9 Å². The number of phenolic OH excluding ortho intramolecular Hbond substituents is 4. The molecule has 2 fully saturated rings. The smallest absolute Gasteiger partial charge is 0.239 e. The predicted octanol–water partition coefficient (Wildman–Crippen LogP) is -1.69. The van der Waals surface area contributed by atoms with Gasteiger partial charge in [-0.2, -0.15) is 0 Å². The standard InChI is InChI=1S/C27H30O16/c1-8-17(32)20(35)22(37)26(40-8)39-7-15-18(33)21(36)23(38)27(42-15)43-25-19(34)16-13(31)5-10(28)6-14(16)41-24(25)9-2-3-11(29)12(30)4-9/h2-6,8,15,17-18,20-23,26-33,35-38H,7H2,1H3/t8-,15-,17-,18+,20+,21-,22-,23-,26-,27+/m0/s1. The second-order valence-electron chi connectivity index (χ2n) is 10.3. The van der Waals surface area contributed by atoms with E-state index in [1.54, 1.807) is 0 Å². The Hall–Kier alpha value is -3.71. The van der Waals surface area contributed by atoms with Crippen molar-refractivity contribution in [3.8, 4) is 40.1 Å². The number of aliphatic hydroxyl groups excluding tert-OH is 6. The van der Waals surface area contributed by atoms with Crippen LogP contribution >= 0.6 is 0 Å². The summed E-state index contributed by atoms with van der Waals surface area (Å²) in [5, 5.41) is 101. The van der Waals surface area contributed by atoms with E-state index < -0.39 is 113 Å². The predicted molar refractivity (Wildman–Crippen MR) is 140 cm³/mol. The van der Waals surface area contributed by atoms with Crippen molar-refractivity contribution >= 4 is 11.0 Å². The third kappa shape index (κ3) is 5.67. The van der Waals surface area contributed by atoms with Gasteiger partial charge in [0.15, 0.2) is 23.5 Å². The molecule has 0 amide bonds. The zero-order valence-corrected chi connectivity index (χ0v) is 22.3. The Morgan fingerprint density at radius 1 is 0.744 bits per heavy atom. The fraction of sp³-hybridized carbons (Fsp3) is 0.444. The highest BCUT2D eigenvalue weighted by Crippen LogP contribution is 2.39. The molecule has 3 aromatic rings. The van der Waals surface area contributed by atoms with Crippen LogP contribution in [0, 0.1) is 0 Å². The van der Waals surface area contributed by atoms with Gasteiger partial charge in [0.05, 0.1) is 12.7 Å². The number of ether oxygens (including phenoxy) is 4. The van der Waals surface area contributed by atoms with Crippen LogP contribution in [0.2, 0.25) is 0 Å². The molecule has 3 heterocycles. The van der Waals surface area contributed by atoms with Crippen LogP contribution in [0.15, 0.2) is 39.5 Å².